The molecule has 1 fully saturated rings. The first-order chi connectivity index (χ1) is 12.7. The highest BCUT2D eigenvalue weighted by Crippen LogP contribution is 2.20. The molecule has 1 saturated heterocycles. The number of aromatic nitrogens is 1. The average molecular weight is 479 g/mol. The third kappa shape index (κ3) is 6.09. The van der Waals surface area contributed by atoms with Gasteiger partial charge in [0.15, 0.2) is 5.96 Å². The zero-order valence-electron chi connectivity index (χ0n) is 16.4. The second-order valence-electron chi connectivity index (χ2n) is 6.96. The van der Waals surface area contributed by atoms with E-state index in [2.05, 4.69) is 69.7 Å². The van der Waals surface area contributed by atoms with Crippen molar-refractivity contribution in [1.29, 1.82) is 0 Å². The molecule has 2 N–H and O–H groups in total. The Labute approximate surface area is 179 Å². The predicted octanol–water partition coefficient (Wildman–Crippen LogP) is 3.30. The molecule has 3 rings (SSSR count). The Morgan fingerprint density at radius 2 is 2.00 bits per heavy atom. The monoisotopic (exact) mass is 479 g/mol. The minimum Gasteiger partial charge on any atom is -0.369 e. The van der Waals surface area contributed by atoms with Gasteiger partial charge in [0.1, 0.15) is 0 Å². The molecule has 1 aliphatic rings. The molecular formula is C21H30IN5. The number of nitrogens with one attached hydrogen (secondary N) is 2. The summed E-state index contributed by atoms with van der Waals surface area (Å²) in [6, 6.07) is 11.3. The van der Waals surface area contributed by atoms with Crippen LogP contribution in [0.15, 0.2) is 47.7 Å². The van der Waals surface area contributed by atoms with E-state index < -0.39 is 0 Å². The van der Waals surface area contributed by atoms with Crippen LogP contribution in [0.2, 0.25) is 0 Å². The molecule has 5 nitrogen and oxygen atoms in total. The maximum atomic E-state index is 4.38. The number of guanidine groups is 1. The number of pyridine rings is 1. The second-order valence-corrected chi connectivity index (χ2v) is 6.96. The van der Waals surface area contributed by atoms with Gasteiger partial charge in [0.25, 0.3) is 0 Å². The van der Waals surface area contributed by atoms with E-state index in [9.17, 15) is 0 Å². The molecule has 0 radical (unpaired) electrons. The van der Waals surface area contributed by atoms with Gasteiger partial charge in [0.05, 0.1) is 0 Å². The topological polar surface area (TPSA) is 52.6 Å². The van der Waals surface area contributed by atoms with Crippen LogP contribution >= 0.6 is 24.0 Å². The van der Waals surface area contributed by atoms with Gasteiger partial charge in [0, 0.05) is 50.8 Å². The molecule has 1 unspecified atom stereocenters. The predicted molar refractivity (Wildman–Crippen MR) is 124 cm³/mol. The normalized spacial score (nSPS) is 16.8. The summed E-state index contributed by atoms with van der Waals surface area (Å²) in [5, 5.41) is 7.00. The fourth-order valence-corrected chi connectivity index (χ4v) is 3.35. The van der Waals surface area contributed by atoms with Crippen molar-refractivity contribution < 1.29 is 0 Å². The number of aryl methyl sites for hydroxylation is 2. The molecule has 0 amide bonds. The number of halogens is 1. The summed E-state index contributed by atoms with van der Waals surface area (Å²) in [6.45, 7) is 7.18. The Morgan fingerprint density at radius 1 is 1.22 bits per heavy atom. The van der Waals surface area contributed by atoms with Crippen molar-refractivity contribution in [3.63, 3.8) is 0 Å². The highest BCUT2D eigenvalue weighted by Gasteiger charge is 2.23. The van der Waals surface area contributed by atoms with Crippen LogP contribution < -0.4 is 15.5 Å². The number of nitrogens with zero attached hydrogens (tertiary/aromatic N) is 3. The number of hydrogen-bond donors (Lipinski definition) is 2. The van der Waals surface area contributed by atoms with Gasteiger partial charge in [-0.05, 0) is 56.0 Å². The number of benzene rings is 1. The van der Waals surface area contributed by atoms with Crippen molar-refractivity contribution in [2.45, 2.75) is 32.7 Å². The average Bonchev–Trinajstić information content (AvgIpc) is 3.11. The summed E-state index contributed by atoms with van der Waals surface area (Å²) in [5.41, 5.74) is 5.17. The van der Waals surface area contributed by atoms with Crippen LogP contribution in [0.3, 0.4) is 0 Å². The molecule has 27 heavy (non-hydrogen) atoms. The lowest BCUT2D eigenvalue weighted by molar-refractivity contribution is 0.648. The van der Waals surface area contributed by atoms with Gasteiger partial charge in [-0.2, -0.15) is 0 Å². The lowest BCUT2D eigenvalue weighted by Crippen LogP contribution is -2.45. The maximum absolute atomic E-state index is 4.38. The highest BCUT2D eigenvalue weighted by atomic mass is 127. The molecular weight excluding hydrogens is 449 g/mol. The fourth-order valence-electron chi connectivity index (χ4n) is 3.35. The molecule has 0 saturated carbocycles. The molecule has 1 aromatic carbocycles. The second kappa shape index (κ2) is 10.5. The van der Waals surface area contributed by atoms with E-state index in [0.29, 0.717) is 6.04 Å². The third-order valence-electron chi connectivity index (χ3n) is 4.98. The van der Waals surface area contributed by atoms with Gasteiger partial charge in [-0.15, -0.1) is 24.0 Å². The van der Waals surface area contributed by atoms with E-state index in [1.165, 1.54) is 22.4 Å². The first-order valence-corrected chi connectivity index (χ1v) is 9.34. The molecule has 0 aliphatic carbocycles. The first kappa shape index (κ1) is 21.5. The largest absolute Gasteiger partial charge is 0.369 e. The molecule has 1 aromatic heterocycles. The van der Waals surface area contributed by atoms with E-state index in [0.717, 1.165) is 38.4 Å². The Morgan fingerprint density at radius 3 is 2.70 bits per heavy atom. The van der Waals surface area contributed by atoms with Crippen molar-refractivity contribution in [3.05, 3.63) is 59.4 Å². The van der Waals surface area contributed by atoms with Crippen molar-refractivity contribution in [1.82, 2.24) is 15.6 Å². The SMILES string of the molecule is CN=C(NCCc1ccncc1C)NC1CCN(c2ccc(C)cc2)C1.I. The van der Waals surface area contributed by atoms with Crippen molar-refractivity contribution >= 4 is 35.6 Å². The van der Waals surface area contributed by atoms with Crippen LogP contribution in [0.5, 0.6) is 0 Å². The zero-order chi connectivity index (χ0) is 18.4. The molecule has 2 aromatic rings. The molecule has 1 atom stereocenters. The standard InChI is InChI=1S/C21H29N5.HI/c1-16-4-6-20(7-5-16)26-13-10-19(15-26)25-21(22-3)24-12-9-18-8-11-23-14-17(18)2;/h4-8,11,14,19H,9-10,12-13,15H2,1-3H3,(H2,22,24,25);1H. The Balaban J connectivity index is 0.00000261. The Kier molecular flexibility index (Phi) is 8.34. The number of hydrogen-bond acceptors (Lipinski definition) is 3. The number of anilines is 1. The third-order valence-corrected chi connectivity index (χ3v) is 4.98. The van der Waals surface area contributed by atoms with Crippen LogP contribution in [0.1, 0.15) is 23.1 Å². The quantitative estimate of drug-likeness (QED) is 0.393. The molecule has 6 heteroatoms. The molecule has 146 valence electrons. The fraction of sp³-hybridized carbons (Fsp3) is 0.429. The van der Waals surface area contributed by atoms with Gasteiger partial charge >= 0.3 is 0 Å². The van der Waals surface area contributed by atoms with E-state index in [-0.39, 0.29) is 24.0 Å². The van der Waals surface area contributed by atoms with Crippen LogP contribution in [0, 0.1) is 13.8 Å². The lowest BCUT2D eigenvalue weighted by atomic mass is 10.1. The smallest absolute Gasteiger partial charge is 0.191 e. The Hall–Kier alpha value is -1.83. The number of aliphatic imine (C=N–C) groups is 1. The summed E-state index contributed by atoms with van der Waals surface area (Å²) < 4.78 is 0. The van der Waals surface area contributed by atoms with Gasteiger partial charge < -0.3 is 15.5 Å². The molecule has 1 aliphatic heterocycles. The van der Waals surface area contributed by atoms with Crippen LogP contribution in [-0.2, 0) is 6.42 Å². The van der Waals surface area contributed by atoms with Crippen LogP contribution in [0.25, 0.3) is 0 Å². The van der Waals surface area contributed by atoms with Crippen molar-refractivity contribution in [2.75, 3.05) is 31.6 Å². The van der Waals surface area contributed by atoms with Gasteiger partial charge in [-0.3, -0.25) is 9.98 Å². The first-order valence-electron chi connectivity index (χ1n) is 9.34. The summed E-state index contributed by atoms with van der Waals surface area (Å²) >= 11 is 0. The highest BCUT2D eigenvalue weighted by molar-refractivity contribution is 14.0. The maximum Gasteiger partial charge on any atom is 0.191 e. The zero-order valence-corrected chi connectivity index (χ0v) is 18.7. The lowest BCUT2D eigenvalue weighted by Gasteiger charge is -2.20. The van der Waals surface area contributed by atoms with Crippen LogP contribution in [-0.4, -0.2) is 43.7 Å². The minimum atomic E-state index is 0. The van der Waals surface area contributed by atoms with Crippen LogP contribution in [0.4, 0.5) is 5.69 Å². The molecule has 0 bridgehead atoms. The van der Waals surface area contributed by atoms with E-state index in [4.69, 9.17) is 0 Å². The van der Waals surface area contributed by atoms with E-state index in [1.54, 1.807) is 0 Å². The minimum absolute atomic E-state index is 0. The van der Waals surface area contributed by atoms with Gasteiger partial charge in [-0.25, -0.2) is 0 Å². The van der Waals surface area contributed by atoms with Gasteiger partial charge in [-0.1, -0.05) is 17.7 Å². The summed E-state index contributed by atoms with van der Waals surface area (Å²) in [6.07, 6.45) is 5.86. The molecule has 0 spiro atoms. The summed E-state index contributed by atoms with van der Waals surface area (Å²) in [5.74, 6) is 0.882. The molecule has 2 heterocycles. The van der Waals surface area contributed by atoms with Crippen molar-refractivity contribution in [3.8, 4) is 0 Å². The number of rotatable bonds is 5. The Bertz CT molecular complexity index is 744. The van der Waals surface area contributed by atoms with Crippen molar-refractivity contribution in [2.24, 2.45) is 4.99 Å². The van der Waals surface area contributed by atoms with Gasteiger partial charge in [0.2, 0.25) is 0 Å². The van der Waals surface area contributed by atoms with E-state index in [1.807, 2.05) is 19.4 Å². The summed E-state index contributed by atoms with van der Waals surface area (Å²) in [7, 11) is 1.83. The summed E-state index contributed by atoms with van der Waals surface area (Å²) in [4.78, 5) is 11.0. The van der Waals surface area contributed by atoms with E-state index >= 15 is 0 Å².